The summed E-state index contributed by atoms with van der Waals surface area (Å²) in [4.78, 5) is 24.4. The Kier molecular flexibility index (Phi) is 5.76. The van der Waals surface area contributed by atoms with Crippen molar-refractivity contribution in [3.05, 3.63) is 64.2 Å². The van der Waals surface area contributed by atoms with Gasteiger partial charge in [-0.2, -0.15) is 0 Å². The van der Waals surface area contributed by atoms with E-state index in [1.165, 1.54) is 12.3 Å². The normalized spacial score (nSPS) is 11.4. The summed E-state index contributed by atoms with van der Waals surface area (Å²) >= 11 is 3.38. The molecule has 1 aromatic carbocycles. The van der Waals surface area contributed by atoms with E-state index in [1.54, 1.807) is 12.1 Å². The van der Waals surface area contributed by atoms with Gasteiger partial charge < -0.3 is 15.1 Å². The second kappa shape index (κ2) is 7.78. The van der Waals surface area contributed by atoms with Gasteiger partial charge in [0, 0.05) is 10.5 Å². The van der Waals surface area contributed by atoms with Gasteiger partial charge in [0.2, 0.25) is 0 Å². The largest absolute Gasteiger partial charge is 0.459 e. The molecule has 120 valence electrons. The van der Waals surface area contributed by atoms with Crippen molar-refractivity contribution in [1.82, 2.24) is 10.6 Å². The highest BCUT2D eigenvalue weighted by Gasteiger charge is 2.16. The minimum Gasteiger partial charge on any atom is -0.459 e. The SMILES string of the molecule is CC(C)NC(=O)/C(=C/c1cccc(Br)c1)NC(=O)c1ccco1. The zero-order chi connectivity index (χ0) is 16.8. The topological polar surface area (TPSA) is 71.3 Å². The van der Waals surface area contributed by atoms with Crippen LogP contribution in [0.2, 0.25) is 0 Å². The first kappa shape index (κ1) is 17.0. The summed E-state index contributed by atoms with van der Waals surface area (Å²) in [6.45, 7) is 3.70. The van der Waals surface area contributed by atoms with Gasteiger partial charge in [-0.3, -0.25) is 9.59 Å². The third kappa shape index (κ3) is 5.10. The Hall–Kier alpha value is -2.34. The molecule has 0 fully saturated rings. The average molecular weight is 377 g/mol. The maximum absolute atomic E-state index is 12.3. The van der Waals surface area contributed by atoms with Crippen molar-refractivity contribution < 1.29 is 14.0 Å². The molecule has 0 aliphatic heterocycles. The van der Waals surface area contributed by atoms with E-state index in [-0.39, 0.29) is 23.4 Å². The summed E-state index contributed by atoms with van der Waals surface area (Å²) in [5.74, 6) is -0.697. The summed E-state index contributed by atoms with van der Waals surface area (Å²) < 4.78 is 5.93. The zero-order valence-corrected chi connectivity index (χ0v) is 14.4. The highest BCUT2D eigenvalue weighted by atomic mass is 79.9. The fraction of sp³-hybridized carbons (Fsp3) is 0.176. The number of furan rings is 1. The van der Waals surface area contributed by atoms with Gasteiger partial charge in [-0.15, -0.1) is 0 Å². The number of carbonyl (C=O) groups is 2. The number of rotatable bonds is 5. The fourth-order valence-corrected chi connectivity index (χ4v) is 2.27. The van der Waals surface area contributed by atoms with E-state index in [9.17, 15) is 9.59 Å². The molecule has 1 heterocycles. The quantitative estimate of drug-likeness (QED) is 0.786. The number of carbonyl (C=O) groups excluding carboxylic acids is 2. The molecule has 1 aromatic heterocycles. The minimum atomic E-state index is -0.477. The Labute approximate surface area is 142 Å². The molecule has 2 rings (SSSR count). The molecule has 2 amide bonds. The average Bonchev–Trinajstić information content (AvgIpc) is 3.00. The second-order valence-electron chi connectivity index (χ2n) is 5.17. The monoisotopic (exact) mass is 376 g/mol. The van der Waals surface area contributed by atoms with Crippen molar-refractivity contribution in [3.8, 4) is 0 Å². The summed E-state index contributed by atoms with van der Waals surface area (Å²) in [7, 11) is 0. The van der Waals surface area contributed by atoms with Crippen LogP contribution < -0.4 is 10.6 Å². The van der Waals surface area contributed by atoms with E-state index in [0.717, 1.165) is 10.0 Å². The molecule has 0 aliphatic rings. The Bertz CT molecular complexity index is 721. The van der Waals surface area contributed by atoms with Crippen molar-refractivity contribution in [1.29, 1.82) is 0 Å². The summed E-state index contributed by atoms with van der Waals surface area (Å²) in [6, 6.07) is 10.5. The van der Waals surface area contributed by atoms with E-state index in [4.69, 9.17) is 4.42 Å². The van der Waals surface area contributed by atoms with Crippen LogP contribution in [0.4, 0.5) is 0 Å². The number of hydrogen-bond acceptors (Lipinski definition) is 3. The number of hydrogen-bond donors (Lipinski definition) is 2. The van der Waals surface area contributed by atoms with Crippen LogP contribution in [0.5, 0.6) is 0 Å². The van der Waals surface area contributed by atoms with Crippen molar-refractivity contribution in [2.45, 2.75) is 19.9 Å². The Balaban J connectivity index is 2.27. The molecule has 0 aliphatic carbocycles. The molecule has 5 nitrogen and oxygen atoms in total. The van der Waals surface area contributed by atoms with Crippen LogP contribution >= 0.6 is 15.9 Å². The molecule has 23 heavy (non-hydrogen) atoms. The van der Waals surface area contributed by atoms with Crippen molar-refractivity contribution in [3.63, 3.8) is 0 Å². The fourth-order valence-electron chi connectivity index (χ4n) is 1.85. The lowest BCUT2D eigenvalue weighted by Crippen LogP contribution is -2.38. The van der Waals surface area contributed by atoms with Crippen LogP contribution in [0.25, 0.3) is 6.08 Å². The number of nitrogens with one attached hydrogen (secondary N) is 2. The molecule has 0 spiro atoms. The van der Waals surface area contributed by atoms with Gasteiger partial charge in [-0.05, 0) is 49.8 Å². The molecule has 0 atom stereocenters. The first-order valence-electron chi connectivity index (χ1n) is 7.08. The molecule has 6 heteroatoms. The molecule has 0 radical (unpaired) electrons. The van der Waals surface area contributed by atoms with Crippen LogP contribution in [-0.2, 0) is 4.79 Å². The van der Waals surface area contributed by atoms with Gasteiger partial charge in [0.25, 0.3) is 11.8 Å². The standard InChI is InChI=1S/C17H17BrN2O3/c1-11(2)19-16(21)14(10-12-5-3-6-13(18)9-12)20-17(22)15-7-4-8-23-15/h3-11H,1-2H3,(H,19,21)(H,20,22)/b14-10-. The third-order valence-electron chi connectivity index (χ3n) is 2.82. The number of benzene rings is 1. The smallest absolute Gasteiger partial charge is 0.291 e. The zero-order valence-electron chi connectivity index (χ0n) is 12.8. The highest BCUT2D eigenvalue weighted by molar-refractivity contribution is 9.10. The molecule has 2 N–H and O–H groups in total. The van der Waals surface area contributed by atoms with Gasteiger partial charge in [0.15, 0.2) is 5.76 Å². The Morgan fingerprint density at radius 3 is 2.61 bits per heavy atom. The summed E-state index contributed by atoms with van der Waals surface area (Å²) in [6.07, 6.45) is 3.02. The Morgan fingerprint density at radius 2 is 2.00 bits per heavy atom. The lowest BCUT2D eigenvalue weighted by atomic mass is 10.2. The maximum Gasteiger partial charge on any atom is 0.291 e. The van der Waals surface area contributed by atoms with E-state index in [2.05, 4.69) is 26.6 Å². The summed E-state index contributed by atoms with van der Waals surface area (Å²) in [5.41, 5.74) is 0.936. The third-order valence-corrected chi connectivity index (χ3v) is 3.31. The van der Waals surface area contributed by atoms with E-state index >= 15 is 0 Å². The van der Waals surface area contributed by atoms with Gasteiger partial charge in [0.1, 0.15) is 5.70 Å². The molecular formula is C17H17BrN2O3. The predicted molar refractivity (Wildman–Crippen MR) is 91.6 cm³/mol. The number of amides is 2. The van der Waals surface area contributed by atoms with E-state index in [0.29, 0.717) is 0 Å². The minimum absolute atomic E-state index is 0.0473. The van der Waals surface area contributed by atoms with Crippen molar-refractivity contribution in [2.75, 3.05) is 0 Å². The molecular weight excluding hydrogens is 360 g/mol. The van der Waals surface area contributed by atoms with Gasteiger partial charge in [-0.25, -0.2) is 0 Å². The molecule has 2 aromatic rings. The first-order valence-corrected chi connectivity index (χ1v) is 7.88. The van der Waals surface area contributed by atoms with Crippen LogP contribution in [0.3, 0.4) is 0 Å². The van der Waals surface area contributed by atoms with Crippen molar-refractivity contribution >= 4 is 33.8 Å². The highest BCUT2D eigenvalue weighted by Crippen LogP contribution is 2.14. The van der Waals surface area contributed by atoms with Crippen LogP contribution in [0, 0.1) is 0 Å². The molecule has 0 unspecified atom stereocenters. The first-order chi connectivity index (χ1) is 11.0. The molecule has 0 bridgehead atoms. The van der Waals surface area contributed by atoms with Gasteiger partial charge >= 0.3 is 0 Å². The van der Waals surface area contributed by atoms with Crippen LogP contribution in [-0.4, -0.2) is 17.9 Å². The maximum atomic E-state index is 12.3. The lowest BCUT2D eigenvalue weighted by Gasteiger charge is -2.12. The molecule has 0 saturated carbocycles. The molecule has 0 saturated heterocycles. The Morgan fingerprint density at radius 1 is 1.22 bits per heavy atom. The van der Waals surface area contributed by atoms with Gasteiger partial charge in [0.05, 0.1) is 6.26 Å². The summed E-state index contributed by atoms with van der Waals surface area (Å²) in [5, 5.41) is 5.36. The van der Waals surface area contributed by atoms with Gasteiger partial charge in [-0.1, -0.05) is 28.1 Å². The van der Waals surface area contributed by atoms with Crippen LogP contribution in [0.1, 0.15) is 30.0 Å². The van der Waals surface area contributed by atoms with Crippen LogP contribution in [0.15, 0.2) is 57.2 Å². The van der Waals surface area contributed by atoms with E-state index < -0.39 is 5.91 Å². The lowest BCUT2D eigenvalue weighted by molar-refractivity contribution is -0.118. The second-order valence-corrected chi connectivity index (χ2v) is 6.09. The van der Waals surface area contributed by atoms with Crippen molar-refractivity contribution in [2.24, 2.45) is 0 Å². The predicted octanol–water partition coefficient (Wildman–Crippen LogP) is 3.34. The van der Waals surface area contributed by atoms with E-state index in [1.807, 2.05) is 38.1 Å². The number of halogens is 1.